The molecule has 5 heteroatoms. The van der Waals surface area contributed by atoms with Crippen molar-refractivity contribution in [2.45, 2.75) is 38.5 Å². The normalized spacial score (nSPS) is 28.1. The van der Waals surface area contributed by atoms with Crippen LogP contribution in [0.15, 0.2) is 12.7 Å². The predicted molar refractivity (Wildman–Crippen MR) is 57.2 cm³/mol. The third-order valence-corrected chi connectivity index (χ3v) is 2.14. The van der Waals surface area contributed by atoms with Crippen LogP contribution >= 0.6 is 0 Å². The van der Waals surface area contributed by atoms with Crippen LogP contribution in [0.4, 0.5) is 0 Å². The Morgan fingerprint density at radius 1 is 1.44 bits per heavy atom. The molecule has 2 unspecified atom stereocenters. The molecule has 1 saturated carbocycles. The third-order valence-electron chi connectivity index (χ3n) is 2.14. The van der Waals surface area contributed by atoms with E-state index in [9.17, 15) is 9.59 Å². The van der Waals surface area contributed by atoms with E-state index < -0.39 is 23.3 Å². The number of carbonyl (C=O) groups excluding carboxylic acids is 2. The van der Waals surface area contributed by atoms with Crippen LogP contribution < -0.4 is 5.73 Å². The highest BCUT2D eigenvalue weighted by Gasteiger charge is 2.54. The molecule has 5 nitrogen and oxygen atoms in total. The molecular formula is C11H17NO4. The quantitative estimate of drug-likeness (QED) is 0.325. The molecule has 0 aromatic carbocycles. The fourth-order valence-electron chi connectivity index (χ4n) is 1.22. The summed E-state index contributed by atoms with van der Waals surface area (Å²) in [5.41, 5.74) is 3.89. The molecule has 2 atom stereocenters. The molecule has 0 aliphatic heterocycles. The Hall–Kier alpha value is -1.36. The van der Waals surface area contributed by atoms with Crippen LogP contribution in [0, 0.1) is 5.92 Å². The molecule has 0 spiro atoms. The zero-order chi connectivity index (χ0) is 12.6. The van der Waals surface area contributed by atoms with E-state index in [4.69, 9.17) is 15.2 Å². The zero-order valence-electron chi connectivity index (χ0n) is 9.78. The van der Waals surface area contributed by atoms with Gasteiger partial charge in [0.2, 0.25) is 0 Å². The highest BCUT2D eigenvalue weighted by molar-refractivity contribution is 6.29. The molecule has 16 heavy (non-hydrogen) atoms. The summed E-state index contributed by atoms with van der Waals surface area (Å²) in [6.45, 7) is 8.54. The second-order valence-electron chi connectivity index (χ2n) is 4.89. The molecule has 0 heterocycles. The average Bonchev–Trinajstić information content (AvgIpc) is 2.73. The Morgan fingerprint density at radius 2 is 2.00 bits per heavy atom. The van der Waals surface area contributed by atoms with E-state index >= 15 is 0 Å². The summed E-state index contributed by atoms with van der Waals surface area (Å²) >= 11 is 0. The van der Waals surface area contributed by atoms with Crippen LogP contribution in [0.2, 0.25) is 0 Å². The van der Waals surface area contributed by atoms with Gasteiger partial charge < -0.3 is 9.47 Å². The van der Waals surface area contributed by atoms with Gasteiger partial charge in [-0.15, -0.1) is 6.58 Å². The summed E-state index contributed by atoms with van der Waals surface area (Å²) in [6, 6.07) is 0. The van der Waals surface area contributed by atoms with Gasteiger partial charge in [0.15, 0.2) is 5.72 Å². The van der Waals surface area contributed by atoms with Gasteiger partial charge in [-0.05, 0) is 20.8 Å². The maximum absolute atomic E-state index is 11.3. The fourth-order valence-corrected chi connectivity index (χ4v) is 1.22. The van der Waals surface area contributed by atoms with Gasteiger partial charge in [-0.1, -0.05) is 6.08 Å². The van der Waals surface area contributed by atoms with Crippen LogP contribution in [-0.2, 0) is 19.1 Å². The Kier molecular flexibility index (Phi) is 3.10. The van der Waals surface area contributed by atoms with E-state index in [-0.39, 0.29) is 5.92 Å². The minimum atomic E-state index is -1.07. The minimum Gasteiger partial charge on any atom is -0.452 e. The molecular weight excluding hydrogens is 210 g/mol. The van der Waals surface area contributed by atoms with Crippen molar-refractivity contribution in [3.05, 3.63) is 12.7 Å². The van der Waals surface area contributed by atoms with Crippen molar-refractivity contribution < 1.29 is 19.1 Å². The Labute approximate surface area is 94.6 Å². The summed E-state index contributed by atoms with van der Waals surface area (Å²) in [7, 11) is 0. The third kappa shape index (κ3) is 3.06. The van der Waals surface area contributed by atoms with E-state index in [1.807, 2.05) is 0 Å². The first-order valence-electron chi connectivity index (χ1n) is 5.06. The maximum Gasteiger partial charge on any atom is 0.419 e. The standard InChI is InChI=1S/C11H17NO4/c1-5-7-6-11(7,12)16-9(14)8(13)15-10(2,3)4/h5,7H,1,6,12H2,2-4H3. The molecule has 1 aliphatic rings. The van der Waals surface area contributed by atoms with Gasteiger partial charge in [0.1, 0.15) is 5.60 Å². The maximum atomic E-state index is 11.3. The first-order chi connectivity index (χ1) is 7.18. The molecule has 0 aromatic rings. The smallest absolute Gasteiger partial charge is 0.419 e. The Morgan fingerprint density at radius 3 is 2.38 bits per heavy atom. The van der Waals surface area contributed by atoms with Crippen molar-refractivity contribution in [1.82, 2.24) is 0 Å². The molecule has 1 aliphatic carbocycles. The predicted octanol–water partition coefficient (Wildman–Crippen LogP) is 0.732. The number of esters is 2. The van der Waals surface area contributed by atoms with Gasteiger partial charge in [0.05, 0.1) is 0 Å². The second-order valence-corrected chi connectivity index (χ2v) is 4.89. The number of nitrogens with two attached hydrogens (primary N) is 1. The van der Waals surface area contributed by atoms with Gasteiger partial charge in [0, 0.05) is 12.3 Å². The van der Waals surface area contributed by atoms with Crippen LogP contribution in [0.25, 0.3) is 0 Å². The van der Waals surface area contributed by atoms with E-state index in [0.29, 0.717) is 6.42 Å². The van der Waals surface area contributed by atoms with Gasteiger partial charge >= 0.3 is 11.9 Å². The number of hydrogen-bond acceptors (Lipinski definition) is 5. The lowest BCUT2D eigenvalue weighted by atomic mass is 10.2. The lowest BCUT2D eigenvalue weighted by Crippen LogP contribution is -2.37. The lowest BCUT2D eigenvalue weighted by Gasteiger charge is -2.19. The van der Waals surface area contributed by atoms with Crippen molar-refractivity contribution in [2.75, 3.05) is 0 Å². The molecule has 0 aromatic heterocycles. The van der Waals surface area contributed by atoms with Gasteiger partial charge in [0.25, 0.3) is 0 Å². The van der Waals surface area contributed by atoms with Crippen molar-refractivity contribution in [1.29, 1.82) is 0 Å². The molecule has 1 rings (SSSR count). The summed E-state index contributed by atoms with van der Waals surface area (Å²) in [5, 5.41) is 0. The number of carbonyl (C=O) groups is 2. The monoisotopic (exact) mass is 227 g/mol. The molecule has 0 bridgehead atoms. The van der Waals surface area contributed by atoms with Crippen LogP contribution in [-0.4, -0.2) is 23.3 Å². The van der Waals surface area contributed by atoms with Crippen molar-refractivity contribution >= 4 is 11.9 Å². The number of rotatable bonds is 2. The number of hydrogen-bond donors (Lipinski definition) is 1. The lowest BCUT2D eigenvalue weighted by molar-refractivity contribution is -0.179. The topological polar surface area (TPSA) is 78.6 Å². The Bertz CT molecular complexity index is 331. The number of ether oxygens (including phenoxy) is 2. The summed E-state index contributed by atoms with van der Waals surface area (Å²) in [6.07, 6.45) is 2.09. The summed E-state index contributed by atoms with van der Waals surface area (Å²) in [5.74, 6) is -2.16. The minimum absolute atomic E-state index is 0.0844. The fraction of sp³-hybridized carbons (Fsp3) is 0.636. The summed E-state index contributed by atoms with van der Waals surface area (Å²) in [4.78, 5) is 22.6. The van der Waals surface area contributed by atoms with Crippen molar-refractivity contribution in [3.8, 4) is 0 Å². The van der Waals surface area contributed by atoms with Crippen LogP contribution in [0.1, 0.15) is 27.2 Å². The molecule has 90 valence electrons. The van der Waals surface area contributed by atoms with Crippen LogP contribution in [0.5, 0.6) is 0 Å². The van der Waals surface area contributed by atoms with E-state index in [0.717, 1.165) is 0 Å². The van der Waals surface area contributed by atoms with E-state index in [1.54, 1.807) is 26.8 Å². The highest BCUT2D eigenvalue weighted by Crippen LogP contribution is 2.42. The SMILES string of the molecule is C=CC1CC1(N)OC(=O)C(=O)OC(C)(C)C. The largest absolute Gasteiger partial charge is 0.452 e. The molecule has 2 N–H and O–H groups in total. The average molecular weight is 227 g/mol. The van der Waals surface area contributed by atoms with E-state index in [2.05, 4.69) is 6.58 Å². The first kappa shape index (κ1) is 12.7. The summed E-state index contributed by atoms with van der Waals surface area (Å²) < 4.78 is 9.70. The highest BCUT2D eigenvalue weighted by atomic mass is 16.6. The van der Waals surface area contributed by atoms with E-state index in [1.165, 1.54) is 0 Å². The first-order valence-corrected chi connectivity index (χ1v) is 5.06. The van der Waals surface area contributed by atoms with Gasteiger partial charge in [-0.3, -0.25) is 5.73 Å². The molecule has 0 radical (unpaired) electrons. The second kappa shape index (κ2) is 3.90. The molecule has 0 saturated heterocycles. The van der Waals surface area contributed by atoms with Crippen molar-refractivity contribution in [3.63, 3.8) is 0 Å². The van der Waals surface area contributed by atoms with Gasteiger partial charge in [-0.2, -0.15) is 0 Å². The van der Waals surface area contributed by atoms with Gasteiger partial charge in [-0.25, -0.2) is 9.59 Å². The molecule has 1 fully saturated rings. The van der Waals surface area contributed by atoms with Crippen LogP contribution in [0.3, 0.4) is 0 Å². The Balaban J connectivity index is 2.48. The molecule has 0 amide bonds. The zero-order valence-corrected chi connectivity index (χ0v) is 9.78. The van der Waals surface area contributed by atoms with Crippen molar-refractivity contribution in [2.24, 2.45) is 11.7 Å².